The zero-order valence-corrected chi connectivity index (χ0v) is 17.7. The van der Waals surface area contributed by atoms with Gasteiger partial charge in [-0.05, 0) is 72.1 Å². The van der Waals surface area contributed by atoms with Gasteiger partial charge in [-0.15, -0.1) is 0 Å². The molecule has 1 aliphatic heterocycles. The van der Waals surface area contributed by atoms with Crippen LogP contribution in [0.25, 0.3) is 0 Å². The second-order valence-corrected chi connectivity index (χ2v) is 9.43. The van der Waals surface area contributed by atoms with Gasteiger partial charge in [-0.3, -0.25) is 0 Å². The summed E-state index contributed by atoms with van der Waals surface area (Å²) in [5, 5.41) is 50.3. The Morgan fingerprint density at radius 3 is 2.28 bits per heavy atom. The molecule has 0 aromatic heterocycles. The van der Waals surface area contributed by atoms with Crippen LogP contribution in [0, 0.1) is 11.8 Å². The molecule has 3 fully saturated rings. The van der Waals surface area contributed by atoms with E-state index < -0.39 is 37.1 Å². The molecule has 172 valence electrons. The Morgan fingerprint density at radius 2 is 1.59 bits per heavy atom. The first-order valence-electron chi connectivity index (χ1n) is 11.3. The molecule has 2 aromatic carbocycles. The first kappa shape index (κ1) is 21.7. The normalized spacial score (nSPS) is 36.0. The number of benzene rings is 2. The molecule has 0 bridgehead atoms. The molecule has 7 nitrogen and oxygen atoms in total. The Balaban J connectivity index is 1.28. The standard InChI is InChI=1S/C25H30O7/c26-12-21-22(28)23(29)24(30)25(32-21)14-3-6-20(27)17(8-14)7-13-1-4-18(5-2-13)31-19-10-15-9-16(15)11-19/h1-6,8,15-16,19,21-30H,7,9-12H2/t15-,16+,19?,21-,22-,23+,24-,25+/m1/s1. The zero-order valence-electron chi connectivity index (χ0n) is 17.7. The molecule has 5 rings (SSSR count). The van der Waals surface area contributed by atoms with E-state index in [1.807, 2.05) is 24.3 Å². The SMILES string of the molecule is OC[C@H]1O[C@@H](c2ccc(O)c(Cc3ccc(OC4C[C@@H]5C[C@@H]5C4)cc3)c2)[C@H](O)[C@@H](O)[C@@H]1O. The highest BCUT2D eigenvalue weighted by Crippen LogP contribution is 2.52. The number of aliphatic hydroxyl groups excluding tert-OH is 4. The van der Waals surface area contributed by atoms with Crippen molar-refractivity contribution in [1.82, 2.24) is 0 Å². The van der Waals surface area contributed by atoms with Crippen LogP contribution < -0.4 is 4.74 Å². The number of hydrogen-bond donors (Lipinski definition) is 5. The van der Waals surface area contributed by atoms with Gasteiger partial charge in [0.15, 0.2) is 0 Å². The number of phenols is 1. The second kappa shape index (κ2) is 8.65. The van der Waals surface area contributed by atoms with Gasteiger partial charge in [0.05, 0.1) is 12.7 Å². The molecule has 2 aromatic rings. The van der Waals surface area contributed by atoms with E-state index in [1.54, 1.807) is 12.1 Å². The summed E-state index contributed by atoms with van der Waals surface area (Å²) in [4.78, 5) is 0. The third kappa shape index (κ3) is 4.23. The van der Waals surface area contributed by atoms with Gasteiger partial charge in [-0.1, -0.05) is 18.2 Å². The van der Waals surface area contributed by atoms with Gasteiger partial charge in [-0.25, -0.2) is 0 Å². The summed E-state index contributed by atoms with van der Waals surface area (Å²) in [5.74, 6) is 2.72. The minimum atomic E-state index is -1.44. The molecule has 0 radical (unpaired) electrons. The predicted octanol–water partition coefficient (Wildman–Crippen LogP) is 1.68. The summed E-state index contributed by atoms with van der Waals surface area (Å²) < 4.78 is 11.7. The van der Waals surface area contributed by atoms with Crippen LogP contribution in [-0.4, -0.2) is 62.7 Å². The zero-order chi connectivity index (χ0) is 22.4. The molecular weight excluding hydrogens is 412 g/mol. The van der Waals surface area contributed by atoms with Crippen molar-refractivity contribution in [2.75, 3.05) is 6.61 Å². The molecule has 32 heavy (non-hydrogen) atoms. The van der Waals surface area contributed by atoms with E-state index in [-0.39, 0.29) is 5.75 Å². The average Bonchev–Trinajstić information content (AvgIpc) is 3.41. The molecule has 3 aliphatic rings. The van der Waals surface area contributed by atoms with Crippen LogP contribution >= 0.6 is 0 Å². The number of rotatable bonds is 6. The fourth-order valence-electron chi connectivity index (χ4n) is 5.15. The smallest absolute Gasteiger partial charge is 0.119 e. The minimum Gasteiger partial charge on any atom is -0.508 e. The van der Waals surface area contributed by atoms with E-state index in [4.69, 9.17) is 9.47 Å². The summed E-state index contributed by atoms with van der Waals surface area (Å²) in [7, 11) is 0. The van der Waals surface area contributed by atoms with Crippen molar-refractivity contribution in [2.24, 2.45) is 11.8 Å². The largest absolute Gasteiger partial charge is 0.508 e. The number of aromatic hydroxyl groups is 1. The number of aliphatic hydroxyl groups is 4. The van der Waals surface area contributed by atoms with Crippen molar-refractivity contribution in [3.63, 3.8) is 0 Å². The van der Waals surface area contributed by atoms with E-state index in [9.17, 15) is 25.5 Å². The Hall–Kier alpha value is -2.16. The first-order valence-corrected chi connectivity index (χ1v) is 11.3. The number of fused-ring (bicyclic) bond motifs is 1. The molecule has 2 aliphatic carbocycles. The van der Waals surface area contributed by atoms with Crippen LogP contribution in [0.1, 0.15) is 42.1 Å². The summed E-state index contributed by atoms with van der Waals surface area (Å²) >= 11 is 0. The van der Waals surface area contributed by atoms with Gasteiger partial charge >= 0.3 is 0 Å². The number of ether oxygens (including phenoxy) is 2. The van der Waals surface area contributed by atoms with Crippen LogP contribution in [0.3, 0.4) is 0 Å². The molecule has 0 amide bonds. The van der Waals surface area contributed by atoms with E-state index >= 15 is 0 Å². The molecule has 2 saturated carbocycles. The molecule has 1 unspecified atom stereocenters. The van der Waals surface area contributed by atoms with Gasteiger partial charge in [0.2, 0.25) is 0 Å². The van der Waals surface area contributed by atoms with Crippen molar-refractivity contribution >= 4 is 0 Å². The van der Waals surface area contributed by atoms with E-state index in [0.717, 1.165) is 36.0 Å². The van der Waals surface area contributed by atoms with Gasteiger partial charge in [0, 0.05) is 6.42 Å². The maximum Gasteiger partial charge on any atom is 0.119 e. The van der Waals surface area contributed by atoms with Crippen LogP contribution in [0.5, 0.6) is 11.5 Å². The van der Waals surface area contributed by atoms with Crippen molar-refractivity contribution in [3.8, 4) is 11.5 Å². The average molecular weight is 443 g/mol. The molecule has 5 N–H and O–H groups in total. The van der Waals surface area contributed by atoms with Crippen LogP contribution in [0.2, 0.25) is 0 Å². The van der Waals surface area contributed by atoms with Crippen molar-refractivity contribution in [2.45, 2.75) is 62.3 Å². The lowest BCUT2D eigenvalue weighted by Gasteiger charge is -2.40. The number of phenolic OH excluding ortho intramolecular Hbond substituents is 1. The highest BCUT2D eigenvalue weighted by molar-refractivity contribution is 5.41. The predicted molar refractivity (Wildman–Crippen MR) is 115 cm³/mol. The van der Waals surface area contributed by atoms with Crippen LogP contribution in [-0.2, 0) is 11.2 Å². The van der Waals surface area contributed by atoms with Gasteiger partial charge in [-0.2, -0.15) is 0 Å². The second-order valence-electron chi connectivity index (χ2n) is 9.43. The molecule has 0 spiro atoms. The van der Waals surface area contributed by atoms with E-state index in [2.05, 4.69) is 0 Å². The van der Waals surface area contributed by atoms with Crippen LogP contribution in [0.4, 0.5) is 0 Å². The maximum absolute atomic E-state index is 10.4. The van der Waals surface area contributed by atoms with Gasteiger partial charge in [0.1, 0.15) is 42.0 Å². The van der Waals surface area contributed by atoms with E-state index in [0.29, 0.717) is 23.7 Å². The third-order valence-electron chi connectivity index (χ3n) is 7.15. The fraction of sp³-hybridized carbons (Fsp3) is 0.520. The maximum atomic E-state index is 10.4. The monoisotopic (exact) mass is 442 g/mol. The van der Waals surface area contributed by atoms with E-state index in [1.165, 1.54) is 12.5 Å². The Bertz CT molecular complexity index is 934. The lowest BCUT2D eigenvalue weighted by atomic mass is 9.90. The van der Waals surface area contributed by atoms with Crippen molar-refractivity contribution in [1.29, 1.82) is 0 Å². The lowest BCUT2D eigenvalue weighted by molar-refractivity contribution is -0.231. The Morgan fingerprint density at radius 1 is 0.875 bits per heavy atom. The van der Waals surface area contributed by atoms with Crippen molar-refractivity contribution in [3.05, 3.63) is 59.2 Å². The molecule has 1 saturated heterocycles. The fourth-order valence-corrected chi connectivity index (χ4v) is 5.15. The highest BCUT2D eigenvalue weighted by Gasteiger charge is 2.47. The lowest BCUT2D eigenvalue weighted by Crippen LogP contribution is -2.55. The van der Waals surface area contributed by atoms with Crippen LogP contribution in [0.15, 0.2) is 42.5 Å². The molecule has 1 heterocycles. The van der Waals surface area contributed by atoms with Gasteiger partial charge < -0.3 is 35.0 Å². The molecular formula is C25H30O7. The Kier molecular flexibility index (Phi) is 5.86. The summed E-state index contributed by atoms with van der Waals surface area (Å²) in [6, 6.07) is 12.7. The first-order chi connectivity index (χ1) is 15.4. The minimum absolute atomic E-state index is 0.115. The molecule has 8 atom stereocenters. The summed E-state index contributed by atoms with van der Waals surface area (Å²) in [5.41, 5.74) is 2.19. The third-order valence-corrected chi connectivity index (χ3v) is 7.15. The summed E-state index contributed by atoms with van der Waals surface area (Å²) in [6.07, 6.45) is -1.65. The number of hydrogen-bond acceptors (Lipinski definition) is 7. The highest BCUT2D eigenvalue weighted by atomic mass is 16.5. The topological polar surface area (TPSA) is 120 Å². The Labute approximate surface area is 186 Å². The van der Waals surface area contributed by atoms with Gasteiger partial charge in [0.25, 0.3) is 0 Å². The van der Waals surface area contributed by atoms with Crippen molar-refractivity contribution < 1.29 is 35.0 Å². The molecule has 7 heteroatoms. The summed E-state index contributed by atoms with van der Waals surface area (Å²) in [6.45, 7) is -0.483. The quantitative estimate of drug-likeness (QED) is 0.462.